The van der Waals surface area contributed by atoms with Crippen LogP contribution in [0.2, 0.25) is 0 Å². The van der Waals surface area contributed by atoms with Crippen LogP contribution < -0.4 is 5.56 Å². The van der Waals surface area contributed by atoms with Gasteiger partial charge in [0.15, 0.2) is 0 Å². The molecule has 1 aromatic heterocycles. The average molecular weight is 244 g/mol. The van der Waals surface area contributed by atoms with Crippen LogP contribution in [-0.2, 0) is 5.54 Å². The van der Waals surface area contributed by atoms with Crippen LogP contribution in [0.15, 0.2) is 29.1 Å². The van der Waals surface area contributed by atoms with Gasteiger partial charge in [-0.3, -0.25) is 4.79 Å². The second-order valence-corrected chi connectivity index (χ2v) is 5.53. The Morgan fingerprint density at radius 2 is 2.00 bits per heavy atom. The molecule has 0 unspecified atom stereocenters. The van der Waals surface area contributed by atoms with E-state index in [1.165, 1.54) is 11.5 Å². The molecule has 0 bridgehead atoms. The molecule has 3 nitrogen and oxygen atoms in total. The predicted octanol–water partition coefficient (Wildman–Crippen LogP) is 2.86. The monoisotopic (exact) mass is 244 g/mol. The Labute approximate surface area is 103 Å². The van der Waals surface area contributed by atoms with E-state index >= 15 is 0 Å². The molecular weight excluding hydrogens is 232 g/mol. The minimum absolute atomic E-state index is 0.00551. The Balaban J connectivity index is 2.28. The molecule has 0 spiro atoms. The van der Waals surface area contributed by atoms with Crippen molar-refractivity contribution in [3.63, 3.8) is 0 Å². The van der Waals surface area contributed by atoms with Crippen molar-refractivity contribution < 1.29 is 0 Å². The van der Waals surface area contributed by atoms with Crippen molar-refractivity contribution in [2.24, 2.45) is 0 Å². The Kier molecular flexibility index (Phi) is 2.30. The van der Waals surface area contributed by atoms with Gasteiger partial charge in [-0.05, 0) is 37.8 Å². The number of aromatic nitrogens is 1. The molecule has 1 aromatic carbocycles. The zero-order chi connectivity index (χ0) is 11.9. The summed E-state index contributed by atoms with van der Waals surface area (Å²) < 4.78 is 2.67. The number of nitrogens with zero attached hydrogens (tertiary/aromatic N) is 2. The Morgan fingerprint density at radius 3 is 2.65 bits per heavy atom. The number of hydrogen-bond donors (Lipinski definition) is 0. The number of benzene rings is 1. The predicted molar refractivity (Wildman–Crippen MR) is 68.1 cm³/mol. The molecule has 4 heteroatoms. The molecule has 1 aliphatic rings. The maximum Gasteiger partial charge on any atom is 0.270 e. The third kappa shape index (κ3) is 1.43. The van der Waals surface area contributed by atoms with Crippen LogP contribution in [0.3, 0.4) is 0 Å². The maximum atomic E-state index is 12.3. The molecule has 0 aliphatic heterocycles. The molecule has 1 fully saturated rings. The Bertz CT molecular complexity index is 656. The Morgan fingerprint density at radius 1 is 1.29 bits per heavy atom. The molecule has 0 atom stereocenters. The highest BCUT2D eigenvalue weighted by Gasteiger charge is 2.38. The van der Waals surface area contributed by atoms with Gasteiger partial charge in [-0.2, -0.15) is 5.26 Å². The van der Waals surface area contributed by atoms with Crippen LogP contribution in [0.4, 0.5) is 0 Å². The van der Waals surface area contributed by atoms with Gasteiger partial charge in [0.05, 0.1) is 16.2 Å². The molecule has 0 radical (unpaired) electrons. The quantitative estimate of drug-likeness (QED) is 0.774. The van der Waals surface area contributed by atoms with E-state index in [1.807, 2.05) is 24.3 Å². The van der Waals surface area contributed by atoms with Crippen molar-refractivity contribution in [3.8, 4) is 6.07 Å². The number of hydrogen-bond acceptors (Lipinski definition) is 3. The summed E-state index contributed by atoms with van der Waals surface area (Å²) >= 11 is 1.43. The Hall–Kier alpha value is -1.60. The molecule has 1 saturated carbocycles. The van der Waals surface area contributed by atoms with Gasteiger partial charge in [-0.25, -0.2) is 3.96 Å². The van der Waals surface area contributed by atoms with Crippen LogP contribution in [0.1, 0.15) is 25.7 Å². The zero-order valence-electron chi connectivity index (χ0n) is 9.35. The maximum absolute atomic E-state index is 12.3. The fraction of sp³-hybridized carbons (Fsp3) is 0.385. The van der Waals surface area contributed by atoms with Crippen molar-refractivity contribution in [3.05, 3.63) is 34.6 Å². The molecule has 0 amide bonds. The molecule has 3 rings (SSSR count). The van der Waals surface area contributed by atoms with Crippen molar-refractivity contribution in [1.82, 2.24) is 3.96 Å². The second-order valence-electron chi connectivity index (χ2n) is 4.54. The molecule has 17 heavy (non-hydrogen) atoms. The standard InChI is InChI=1S/C13H12N2OS/c14-9-13(7-3-4-8-13)15-12(16)10-5-1-2-6-11(10)17-15/h1-2,5-6H,3-4,7-8H2. The van der Waals surface area contributed by atoms with Crippen LogP contribution >= 0.6 is 11.5 Å². The summed E-state index contributed by atoms with van der Waals surface area (Å²) in [5.41, 5.74) is -0.588. The highest BCUT2D eigenvalue weighted by Crippen LogP contribution is 2.37. The van der Waals surface area contributed by atoms with Crippen LogP contribution in [0, 0.1) is 11.3 Å². The first-order valence-electron chi connectivity index (χ1n) is 5.80. The topological polar surface area (TPSA) is 45.8 Å². The molecule has 2 aromatic rings. The lowest BCUT2D eigenvalue weighted by Crippen LogP contribution is -2.34. The lowest BCUT2D eigenvalue weighted by Gasteiger charge is -2.19. The first-order valence-corrected chi connectivity index (χ1v) is 6.57. The first kappa shape index (κ1) is 10.5. The van der Waals surface area contributed by atoms with E-state index in [0.717, 1.165) is 35.8 Å². The smallest absolute Gasteiger partial charge is 0.268 e. The summed E-state index contributed by atoms with van der Waals surface area (Å²) in [7, 11) is 0. The van der Waals surface area contributed by atoms with Crippen molar-refractivity contribution in [2.75, 3.05) is 0 Å². The highest BCUT2D eigenvalue weighted by molar-refractivity contribution is 7.14. The van der Waals surface area contributed by atoms with E-state index in [0.29, 0.717) is 0 Å². The fourth-order valence-electron chi connectivity index (χ4n) is 2.57. The molecular formula is C13H12N2OS. The van der Waals surface area contributed by atoms with Crippen LogP contribution in [0.5, 0.6) is 0 Å². The lowest BCUT2D eigenvalue weighted by atomic mass is 10.0. The molecule has 1 heterocycles. The van der Waals surface area contributed by atoms with Gasteiger partial charge in [0, 0.05) is 0 Å². The molecule has 1 aliphatic carbocycles. The summed E-state index contributed by atoms with van der Waals surface area (Å²) in [5, 5.41) is 10.2. The van der Waals surface area contributed by atoms with E-state index in [1.54, 1.807) is 3.96 Å². The normalized spacial score (nSPS) is 18.3. The van der Waals surface area contributed by atoms with Crippen LogP contribution in [0.25, 0.3) is 10.1 Å². The molecule has 0 saturated heterocycles. The van der Waals surface area contributed by atoms with Gasteiger partial charge in [-0.15, -0.1) is 0 Å². The molecule has 0 N–H and O–H groups in total. The number of fused-ring (bicyclic) bond motifs is 1. The SMILES string of the molecule is N#CC1(n2sc3ccccc3c2=O)CCCC1. The van der Waals surface area contributed by atoms with E-state index in [2.05, 4.69) is 6.07 Å². The lowest BCUT2D eigenvalue weighted by molar-refractivity contribution is 0.417. The van der Waals surface area contributed by atoms with E-state index < -0.39 is 5.54 Å². The van der Waals surface area contributed by atoms with Crippen LogP contribution in [-0.4, -0.2) is 3.96 Å². The molecule has 86 valence electrons. The third-order valence-electron chi connectivity index (χ3n) is 3.52. The first-order chi connectivity index (χ1) is 8.27. The minimum Gasteiger partial charge on any atom is -0.268 e. The van der Waals surface area contributed by atoms with Gasteiger partial charge >= 0.3 is 0 Å². The zero-order valence-corrected chi connectivity index (χ0v) is 10.2. The van der Waals surface area contributed by atoms with Crippen molar-refractivity contribution >= 4 is 21.6 Å². The summed E-state index contributed by atoms with van der Waals surface area (Å²) in [6.45, 7) is 0. The highest BCUT2D eigenvalue weighted by atomic mass is 32.1. The van der Waals surface area contributed by atoms with E-state index in [-0.39, 0.29) is 5.56 Å². The summed E-state index contributed by atoms with van der Waals surface area (Å²) in [4.78, 5) is 12.3. The average Bonchev–Trinajstić information content (AvgIpc) is 2.96. The second kappa shape index (κ2) is 3.71. The number of nitriles is 1. The fourth-order valence-corrected chi connectivity index (χ4v) is 3.74. The van der Waals surface area contributed by atoms with Gasteiger partial charge in [0.25, 0.3) is 5.56 Å². The van der Waals surface area contributed by atoms with Crippen molar-refractivity contribution in [1.29, 1.82) is 5.26 Å². The third-order valence-corrected chi connectivity index (χ3v) is 4.77. The van der Waals surface area contributed by atoms with Gasteiger partial charge in [0.1, 0.15) is 5.54 Å². The van der Waals surface area contributed by atoms with Gasteiger partial charge < -0.3 is 0 Å². The van der Waals surface area contributed by atoms with Gasteiger partial charge in [-0.1, -0.05) is 23.7 Å². The summed E-state index contributed by atoms with van der Waals surface area (Å²) in [6.07, 6.45) is 3.68. The minimum atomic E-state index is -0.583. The summed E-state index contributed by atoms with van der Waals surface area (Å²) in [6, 6.07) is 9.95. The van der Waals surface area contributed by atoms with Gasteiger partial charge in [0.2, 0.25) is 0 Å². The largest absolute Gasteiger partial charge is 0.270 e. The number of rotatable bonds is 1. The van der Waals surface area contributed by atoms with Crippen molar-refractivity contribution in [2.45, 2.75) is 31.2 Å². The van der Waals surface area contributed by atoms with E-state index in [9.17, 15) is 10.1 Å². The van der Waals surface area contributed by atoms with E-state index in [4.69, 9.17) is 0 Å². The summed E-state index contributed by atoms with van der Waals surface area (Å²) in [5.74, 6) is 0.